The summed E-state index contributed by atoms with van der Waals surface area (Å²) in [6.45, 7) is 2.10. The Balaban J connectivity index is 1.68. The summed E-state index contributed by atoms with van der Waals surface area (Å²) in [5.41, 5.74) is 1.05. The van der Waals surface area contributed by atoms with Gasteiger partial charge < -0.3 is 10.6 Å². The van der Waals surface area contributed by atoms with Crippen LogP contribution in [-0.2, 0) is 0 Å². The number of rotatable bonds is 3. The van der Waals surface area contributed by atoms with Crippen molar-refractivity contribution in [2.45, 2.75) is 18.8 Å². The smallest absolute Gasteiger partial charge is 0.228 e. The van der Waals surface area contributed by atoms with E-state index in [1.54, 1.807) is 24.7 Å². The van der Waals surface area contributed by atoms with E-state index in [9.17, 15) is 0 Å². The summed E-state index contributed by atoms with van der Waals surface area (Å²) in [4.78, 5) is 17.0. The maximum atomic E-state index is 4.48. The molecule has 6 heteroatoms. The van der Waals surface area contributed by atoms with Gasteiger partial charge in [0.25, 0.3) is 0 Å². The summed E-state index contributed by atoms with van der Waals surface area (Å²) in [5, 5.41) is 6.41. The Morgan fingerprint density at radius 3 is 2.68 bits per heavy atom. The lowest BCUT2D eigenvalue weighted by Gasteiger charge is -2.21. The number of nitrogens with zero attached hydrogens (tertiary/aromatic N) is 4. The standard InChI is InChI=1S/C13H16N6/c1-3-10(7-14-4-1)11-8-18-12(9-17-11)19-13-15-5-2-6-16-13/h2,5-6,8-10,14H,1,3-4,7H2,(H,15,16,18,19)/t10-/m1/s1. The van der Waals surface area contributed by atoms with Crippen molar-refractivity contribution in [3.63, 3.8) is 0 Å². The SMILES string of the molecule is c1cnc(Nc2cnc([C@@H]3CCCNC3)cn2)nc1. The summed E-state index contributed by atoms with van der Waals surface area (Å²) < 4.78 is 0. The Morgan fingerprint density at radius 1 is 1.11 bits per heavy atom. The van der Waals surface area contributed by atoms with Crippen molar-refractivity contribution < 1.29 is 0 Å². The fraction of sp³-hybridized carbons (Fsp3) is 0.385. The van der Waals surface area contributed by atoms with Crippen LogP contribution in [0.2, 0.25) is 0 Å². The minimum absolute atomic E-state index is 0.475. The van der Waals surface area contributed by atoms with Gasteiger partial charge in [-0.2, -0.15) is 0 Å². The molecular weight excluding hydrogens is 240 g/mol. The molecule has 1 fully saturated rings. The normalized spacial score (nSPS) is 19.1. The zero-order valence-electron chi connectivity index (χ0n) is 10.6. The summed E-state index contributed by atoms with van der Waals surface area (Å²) in [6, 6.07) is 1.77. The van der Waals surface area contributed by atoms with Gasteiger partial charge in [0, 0.05) is 24.9 Å². The van der Waals surface area contributed by atoms with Crippen molar-refractivity contribution in [3.8, 4) is 0 Å². The minimum atomic E-state index is 0.475. The quantitative estimate of drug-likeness (QED) is 0.866. The molecule has 1 aliphatic rings. The average molecular weight is 256 g/mol. The lowest BCUT2D eigenvalue weighted by Crippen LogP contribution is -2.28. The first-order chi connectivity index (χ1) is 9.42. The summed E-state index contributed by atoms with van der Waals surface area (Å²) in [7, 11) is 0. The van der Waals surface area contributed by atoms with Crippen molar-refractivity contribution in [2.24, 2.45) is 0 Å². The molecule has 0 amide bonds. The van der Waals surface area contributed by atoms with Crippen molar-refractivity contribution in [3.05, 3.63) is 36.5 Å². The Labute approximate surface area is 111 Å². The molecule has 1 saturated heterocycles. The minimum Gasteiger partial charge on any atom is -0.316 e. The van der Waals surface area contributed by atoms with Gasteiger partial charge in [0.1, 0.15) is 0 Å². The van der Waals surface area contributed by atoms with Crippen LogP contribution in [0.1, 0.15) is 24.5 Å². The largest absolute Gasteiger partial charge is 0.316 e. The summed E-state index contributed by atoms with van der Waals surface area (Å²) in [6.07, 6.45) is 9.32. The first-order valence-electron chi connectivity index (χ1n) is 6.48. The average Bonchev–Trinajstić information content (AvgIpc) is 2.50. The van der Waals surface area contributed by atoms with Crippen LogP contribution in [-0.4, -0.2) is 33.0 Å². The van der Waals surface area contributed by atoms with E-state index in [2.05, 4.69) is 30.6 Å². The van der Waals surface area contributed by atoms with Gasteiger partial charge in [0.2, 0.25) is 5.95 Å². The zero-order chi connectivity index (χ0) is 12.9. The van der Waals surface area contributed by atoms with Gasteiger partial charge in [-0.3, -0.25) is 4.98 Å². The van der Waals surface area contributed by atoms with E-state index < -0.39 is 0 Å². The number of hydrogen-bond donors (Lipinski definition) is 2. The number of nitrogens with one attached hydrogen (secondary N) is 2. The highest BCUT2D eigenvalue weighted by Crippen LogP contribution is 2.21. The van der Waals surface area contributed by atoms with E-state index in [0.717, 1.165) is 18.8 Å². The van der Waals surface area contributed by atoms with Gasteiger partial charge in [0.15, 0.2) is 5.82 Å². The monoisotopic (exact) mass is 256 g/mol. The molecule has 0 aromatic carbocycles. The molecule has 2 aromatic heterocycles. The van der Waals surface area contributed by atoms with Gasteiger partial charge >= 0.3 is 0 Å². The molecule has 0 radical (unpaired) electrons. The molecule has 2 aromatic rings. The van der Waals surface area contributed by atoms with Gasteiger partial charge in [-0.25, -0.2) is 15.0 Å². The molecule has 0 saturated carbocycles. The van der Waals surface area contributed by atoms with Gasteiger partial charge in [-0.1, -0.05) is 0 Å². The molecule has 98 valence electrons. The predicted molar refractivity (Wildman–Crippen MR) is 72.2 cm³/mol. The van der Waals surface area contributed by atoms with Gasteiger partial charge in [0.05, 0.1) is 18.1 Å². The maximum absolute atomic E-state index is 4.48. The third-order valence-electron chi connectivity index (χ3n) is 3.19. The second-order valence-corrected chi connectivity index (χ2v) is 4.57. The molecule has 2 N–H and O–H groups in total. The molecule has 0 spiro atoms. The lowest BCUT2D eigenvalue weighted by atomic mass is 9.97. The third kappa shape index (κ3) is 3.03. The predicted octanol–water partition coefficient (Wildman–Crippen LogP) is 1.48. The maximum Gasteiger partial charge on any atom is 0.228 e. The molecule has 0 unspecified atom stereocenters. The van der Waals surface area contributed by atoms with Crippen LogP contribution < -0.4 is 10.6 Å². The Kier molecular flexibility index (Phi) is 3.60. The highest BCUT2D eigenvalue weighted by Gasteiger charge is 2.16. The second-order valence-electron chi connectivity index (χ2n) is 4.57. The van der Waals surface area contributed by atoms with Crippen molar-refractivity contribution in [1.82, 2.24) is 25.3 Å². The van der Waals surface area contributed by atoms with E-state index in [1.165, 1.54) is 12.8 Å². The van der Waals surface area contributed by atoms with Crippen LogP contribution in [0.4, 0.5) is 11.8 Å². The molecular formula is C13H16N6. The summed E-state index contributed by atoms with van der Waals surface area (Å²) >= 11 is 0. The van der Waals surface area contributed by atoms with E-state index in [1.807, 2.05) is 6.20 Å². The molecule has 19 heavy (non-hydrogen) atoms. The molecule has 3 heterocycles. The number of hydrogen-bond acceptors (Lipinski definition) is 6. The van der Waals surface area contributed by atoms with Crippen LogP contribution in [0.15, 0.2) is 30.9 Å². The van der Waals surface area contributed by atoms with E-state index in [0.29, 0.717) is 17.7 Å². The second kappa shape index (κ2) is 5.71. The number of aromatic nitrogens is 4. The van der Waals surface area contributed by atoms with Crippen molar-refractivity contribution in [2.75, 3.05) is 18.4 Å². The van der Waals surface area contributed by atoms with Gasteiger partial charge in [-0.05, 0) is 25.5 Å². The van der Waals surface area contributed by atoms with E-state index in [-0.39, 0.29) is 0 Å². The number of piperidine rings is 1. The summed E-state index contributed by atoms with van der Waals surface area (Å²) in [5.74, 6) is 1.67. The van der Waals surface area contributed by atoms with Crippen molar-refractivity contribution >= 4 is 11.8 Å². The van der Waals surface area contributed by atoms with Crippen LogP contribution in [0.25, 0.3) is 0 Å². The van der Waals surface area contributed by atoms with Crippen LogP contribution in [0.5, 0.6) is 0 Å². The van der Waals surface area contributed by atoms with E-state index in [4.69, 9.17) is 0 Å². The zero-order valence-corrected chi connectivity index (χ0v) is 10.6. The van der Waals surface area contributed by atoms with Crippen LogP contribution in [0.3, 0.4) is 0 Å². The fourth-order valence-corrected chi connectivity index (χ4v) is 2.20. The van der Waals surface area contributed by atoms with Crippen LogP contribution in [0, 0.1) is 0 Å². The molecule has 1 aliphatic heterocycles. The molecule has 3 rings (SSSR count). The Hall–Kier alpha value is -2.08. The first-order valence-corrected chi connectivity index (χ1v) is 6.48. The highest BCUT2D eigenvalue weighted by atomic mass is 15.1. The first kappa shape index (κ1) is 12.0. The molecule has 1 atom stereocenters. The van der Waals surface area contributed by atoms with E-state index >= 15 is 0 Å². The molecule has 0 aliphatic carbocycles. The third-order valence-corrected chi connectivity index (χ3v) is 3.19. The Morgan fingerprint density at radius 2 is 2.00 bits per heavy atom. The Bertz CT molecular complexity index is 506. The lowest BCUT2D eigenvalue weighted by molar-refractivity contribution is 0.454. The fourth-order valence-electron chi connectivity index (χ4n) is 2.20. The molecule has 0 bridgehead atoms. The topological polar surface area (TPSA) is 75.6 Å². The molecule has 6 nitrogen and oxygen atoms in total. The number of anilines is 2. The van der Waals surface area contributed by atoms with Crippen molar-refractivity contribution in [1.29, 1.82) is 0 Å². The highest BCUT2D eigenvalue weighted by molar-refractivity contribution is 5.45. The van der Waals surface area contributed by atoms with Gasteiger partial charge in [-0.15, -0.1) is 0 Å². The van der Waals surface area contributed by atoms with Crippen LogP contribution >= 0.6 is 0 Å².